The molecular formula is C39H45N9O9S. The second kappa shape index (κ2) is 17.0. The van der Waals surface area contributed by atoms with Crippen molar-refractivity contribution in [3.05, 3.63) is 94.8 Å². The molecule has 0 bridgehead atoms. The fourth-order valence-electron chi connectivity index (χ4n) is 5.54. The Balaban J connectivity index is 1.17. The summed E-state index contributed by atoms with van der Waals surface area (Å²) in [6, 6.07) is 16.9. The number of hydrogen-bond donors (Lipinski definition) is 4. The Bertz CT molecular complexity index is 2120. The number of nitrogens with zero attached hydrogens (tertiary/aromatic N) is 5. The molecular weight excluding hydrogens is 771 g/mol. The summed E-state index contributed by atoms with van der Waals surface area (Å²) in [5.74, 6) is -1.99. The number of oxime groups is 1. The third-order valence-corrected chi connectivity index (χ3v) is 9.20. The lowest BCUT2D eigenvalue weighted by Gasteiger charge is -2.36. The molecule has 2 fully saturated rings. The fraction of sp³-hybridized carbons (Fsp3) is 0.410. The topological polar surface area (TPSA) is 226 Å². The summed E-state index contributed by atoms with van der Waals surface area (Å²) in [6.07, 6.45) is -0.121. The van der Waals surface area contributed by atoms with Crippen molar-refractivity contribution in [1.29, 1.82) is 0 Å². The minimum absolute atomic E-state index is 0.00340. The molecule has 19 heteroatoms. The number of benzene rings is 2. The highest BCUT2D eigenvalue weighted by molar-refractivity contribution is 7.14. The molecule has 6 rings (SSSR count). The number of anilines is 1. The number of esters is 1. The van der Waals surface area contributed by atoms with Crippen molar-refractivity contribution in [2.75, 3.05) is 5.32 Å². The molecule has 2 aromatic carbocycles. The lowest BCUT2D eigenvalue weighted by atomic mass is 9.98. The maximum Gasteiger partial charge on any atom is 0.413 e. The van der Waals surface area contributed by atoms with Gasteiger partial charge in [0.2, 0.25) is 11.5 Å². The number of alkyl carbamates (subject to hydrolysis) is 1. The van der Waals surface area contributed by atoms with E-state index in [1.54, 1.807) is 41.5 Å². The molecule has 306 valence electrons. The van der Waals surface area contributed by atoms with E-state index in [1.165, 1.54) is 16.4 Å². The molecule has 0 unspecified atom stereocenters. The van der Waals surface area contributed by atoms with Crippen LogP contribution in [0.5, 0.6) is 0 Å². The zero-order chi connectivity index (χ0) is 41.7. The smallest absolute Gasteiger partial charge is 0.413 e. The molecule has 3 heterocycles. The minimum Gasteiger partial charge on any atom is -0.450 e. The largest absolute Gasteiger partial charge is 0.450 e. The fourth-order valence-corrected chi connectivity index (χ4v) is 6.22. The number of carbonyl (C=O) groups is 5. The Morgan fingerprint density at radius 1 is 0.948 bits per heavy atom. The van der Waals surface area contributed by atoms with Gasteiger partial charge in [0.15, 0.2) is 16.9 Å². The van der Waals surface area contributed by atoms with Crippen LogP contribution in [0, 0.1) is 0 Å². The Hall–Kier alpha value is -6.37. The van der Waals surface area contributed by atoms with Gasteiger partial charge >= 0.3 is 18.2 Å². The number of amides is 4. The van der Waals surface area contributed by atoms with Crippen molar-refractivity contribution in [2.24, 2.45) is 5.16 Å². The first kappa shape index (κ1) is 41.3. The van der Waals surface area contributed by atoms with Crippen LogP contribution in [0.4, 0.5) is 14.7 Å². The van der Waals surface area contributed by atoms with E-state index in [-0.39, 0.29) is 42.5 Å². The lowest BCUT2D eigenvalue weighted by molar-refractivity contribution is -0.164. The molecule has 18 nitrogen and oxygen atoms in total. The Morgan fingerprint density at radius 2 is 1.57 bits per heavy atom. The highest BCUT2D eigenvalue weighted by atomic mass is 32.1. The summed E-state index contributed by atoms with van der Waals surface area (Å²) in [4.78, 5) is 76.6. The SMILES string of the molecule is CC(C)(C)OC(=O)NCc1cnn(C[C@H]2NC(=O)[C@H]2NC(=O)/C(=N\OC2(C(=O)OC(c3ccccc3)c3ccccc3)CC2)c2csc(NC(=O)OC(C)(C)C)n2)n1. The van der Waals surface area contributed by atoms with E-state index in [0.717, 1.165) is 22.5 Å². The molecule has 58 heavy (non-hydrogen) atoms. The van der Waals surface area contributed by atoms with Crippen molar-refractivity contribution < 1.29 is 43.0 Å². The molecule has 2 aliphatic rings. The van der Waals surface area contributed by atoms with E-state index in [0.29, 0.717) is 5.69 Å². The first-order chi connectivity index (χ1) is 27.5. The molecule has 2 atom stereocenters. The third kappa shape index (κ3) is 10.9. The highest BCUT2D eigenvalue weighted by Crippen LogP contribution is 2.43. The normalized spacial score (nSPS) is 17.3. The molecule has 0 spiro atoms. The van der Waals surface area contributed by atoms with Crippen molar-refractivity contribution in [3.8, 4) is 0 Å². The second-order valence-corrected chi connectivity index (χ2v) is 16.5. The zero-order valence-corrected chi connectivity index (χ0v) is 33.6. The second-order valence-electron chi connectivity index (χ2n) is 15.6. The first-order valence-electron chi connectivity index (χ1n) is 18.5. The van der Waals surface area contributed by atoms with Crippen LogP contribution in [0.15, 0.2) is 77.4 Å². The number of nitrogens with one attached hydrogen (secondary N) is 4. The number of ether oxygens (including phenoxy) is 3. The molecule has 4 N–H and O–H groups in total. The third-order valence-electron chi connectivity index (χ3n) is 8.44. The van der Waals surface area contributed by atoms with Crippen LogP contribution in [0.1, 0.15) is 83.0 Å². The van der Waals surface area contributed by atoms with Crippen LogP contribution in [0.25, 0.3) is 0 Å². The van der Waals surface area contributed by atoms with E-state index in [1.807, 2.05) is 60.7 Å². The standard InChI is InChI=1S/C39H45N9O9S/c1-37(2,3)55-35(52)40-19-25-20-41-48(46-25)21-26-28(31(49)42-26)44-32(50)29(27-22-58-34(43-27)45-36(53)56-38(4,5)6)47-57-39(17-18-39)33(51)54-30(23-13-9-7-10-14-23)24-15-11-8-12-16-24/h7-16,20,22,26,28,30H,17-19,21H2,1-6H3,(H,40,52)(H,42,49)(H,44,50)(H,43,45,53)/b47-29-/t26-,28+/m1/s1. The van der Waals surface area contributed by atoms with E-state index in [9.17, 15) is 24.0 Å². The number of β-lactam (4-membered cyclic amide) rings is 1. The van der Waals surface area contributed by atoms with E-state index in [2.05, 4.69) is 41.6 Å². The van der Waals surface area contributed by atoms with E-state index >= 15 is 0 Å². The van der Waals surface area contributed by atoms with Crippen LogP contribution in [-0.2, 0) is 46.5 Å². The van der Waals surface area contributed by atoms with Gasteiger partial charge in [0.25, 0.3) is 5.91 Å². The Labute approximate surface area is 338 Å². The van der Waals surface area contributed by atoms with Crippen molar-refractivity contribution in [3.63, 3.8) is 0 Å². The lowest BCUT2D eigenvalue weighted by Crippen LogP contribution is -2.70. The Morgan fingerprint density at radius 3 is 2.16 bits per heavy atom. The van der Waals surface area contributed by atoms with Crippen LogP contribution in [0.3, 0.4) is 0 Å². The van der Waals surface area contributed by atoms with Crippen LogP contribution >= 0.6 is 11.3 Å². The molecule has 4 aromatic rings. The summed E-state index contributed by atoms with van der Waals surface area (Å²) >= 11 is 0.996. The van der Waals surface area contributed by atoms with Gasteiger partial charge in [-0.1, -0.05) is 65.8 Å². The number of carbonyl (C=O) groups excluding carboxylic acids is 5. The van der Waals surface area contributed by atoms with Crippen molar-refractivity contribution >= 4 is 52.2 Å². The van der Waals surface area contributed by atoms with Gasteiger partial charge in [0.05, 0.1) is 25.3 Å². The van der Waals surface area contributed by atoms with Gasteiger partial charge in [-0.2, -0.15) is 15.0 Å². The number of thiazole rings is 1. The molecule has 0 radical (unpaired) electrons. The zero-order valence-electron chi connectivity index (χ0n) is 32.8. The predicted octanol–water partition coefficient (Wildman–Crippen LogP) is 4.38. The van der Waals surface area contributed by atoms with Crippen molar-refractivity contribution in [1.82, 2.24) is 35.9 Å². The number of rotatable bonds is 14. The molecule has 2 aromatic heterocycles. The number of hydrogen-bond acceptors (Lipinski definition) is 14. The minimum atomic E-state index is -1.49. The van der Waals surface area contributed by atoms with Gasteiger partial charge in [-0.05, 0) is 52.7 Å². The van der Waals surface area contributed by atoms with Gasteiger partial charge in [-0.3, -0.25) is 14.9 Å². The first-order valence-corrected chi connectivity index (χ1v) is 19.3. The summed E-state index contributed by atoms with van der Waals surface area (Å²) in [5.41, 5.74) is -1.35. The summed E-state index contributed by atoms with van der Waals surface area (Å²) in [7, 11) is 0. The van der Waals surface area contributed by atoms with E-state index in [4.69, 9.17) is 19.0 Å². The molecule has 1 saturated carbocycles. The van der Waals surface area contributed by atoms with Crippen LogP contribution in [-0.4, -0.2) is 84.5 Å². The summed E-state index contributed by atoms with van der Waals surface area (Å²) in [6.45, 7) is 10.5. The van der Waals surface area contributed by atoms with Gasteiger partial charge in [0, 0.05) is 18.2 Å². The number of aromatic nitrogens is 4. The summed E-state index contributed by atoms with van der Waals surface area (Å²) < 4.78 is 16.6. The van der Waals surface area contributed by atoms with E-state index < -0.39 is 65.0 Å². The highest BCUT2D eigenvalue weighted by Gasteiger charge is 2.56. The summed E-state index contributed by atoms with van der Waals surface area (Å²) in [5, 5.41) is 24.8. The quantitative estimate of drug-likeness (QED) is 0.0458. The maximum absolute atomic E-state index is 14.0. The molecule has 1 saturated heterocycles. The maximum atomic E-state index is 14.0. The monoisotopic (exact) mass is 815 g/mol. The molecule has 4 amide bonds. The predicted molar refractivity (Wildman–Crippen MR) is 209 cm³/mol. The van der Waals surface area contributed by atoms with Crippen LogP contribution in [0.2, 0.25) is 0 Å². The Kier molecular flexibility index (Phi) is 12.1. The van der Waals surface area contributed by atoms with Gasteiger partial charge in [-0.15, -0.1) is 11.3 Å². The van der Waals surface area contributed by atoms with Crippen molar-refractivity contribution in [2.45, 2.75) is 102 Å². The molecule has 1 aliphatic carbocycles. The van der Waals surface area contributed by atoms with Gasteiger partial charge in [0.1, 0.15) is 28.6 Å². The average molecular weight is 816 g/mol. The molecule has 1 aliphatic heterocycles. The van der Waals surface area contributed by atoms with Gasteiger partial charge in [-0.25, -0.2) is 19.4 Å². The average Bonchev–Trinajstić information content (AvgIpc) is 3.59. The van der Waals surface area contributed by atoms with Crippen LogP contribution < -0.4 is 21.3 Å². The van der Waals surface area contributed by atoms with Gasteiger partial charge < -0.3 is 35.0 Å².